The highest BCUT2D eigenvalue weighted by Crippen LogP contribution is 2.26. The first-order chi connectivity index (χ1) is 13.8. The van der Waals surface area contributed by atoms with Crippen molar-refractivity contribution in [3.63, 3.8) is 0 Å². The zero-order valence-corrected chi connectivity index (χ0v) is 15.7. The maximum Gasteiger partial charge on any atom is 0.347 e. The monoisotopic (exact) mass is 402 g/mol. The number of hydrogen-bond donors (Lipinski definition) is 4. The van der Waals surface area contributed by atoms with Gasteiger partial charge in [0, 0.05) is 12.5 Å². The summed E-state index contributed by atoms with van der Waals surface area (Å²) < 4.78 is 10.3. The van der Waals surface area contributed by atoms with Gasteiger partial charge in [-0.15, -0.1) is 0 Å². The molecule has 0 aliphatic carbocycles. The second-order valence-electron chi connectivity index (χ2n) is 6.20. The maximum absolute atomic E-state index is 12.3. The number of ether oxygens (including phenoxy) is 2. The number of phenolic OH excluding ortho intramolecular Hbond substituents is 4. The SMILES string of the molecule is CCCOC(=O)[C@@H](Cc1ccc(O)c(O)c1)OC(=O)C=Cc1ccc(O)c(O)c1. The Morgan fingerprint density at radius 1 is 0.966 bits per heavy atom. The molecule has 2 aromatic carbocycles. The van der Waals surface area contributed by atoms with Gasteiger partial charge in [-0.05, 0) is 47.9 Å². The lowest BCUT2D eigenvalue weighted by atomic mass is 10.1. The zero-order valence-electron chi connectivity index (χ0n) is 15.7. The van der Waals surface area contributed by atoms with Gasteiger partial charge in [0.15, 0.2) is 23.0 Å². The van der Waals surface area contributed by atoms with E-state index < -0.39 is 18.0 Å². The molecule has 2 rings (SSSR count). The molecule has 0 saturated carbocycles. The molecule has 0 aromatic heterocycles. The summed E-state index contributed by atoms with van der Waals surface area (Å²) in [6, 6.07) is 8.01. The summed E-state index contributed by atoms with van der Waals surface area (Å²) in [7, 11) is 0. The van der Waals surface area contributed by atoms with Gasteiger partial charge in [-0.3, -0.25) is 0 Å². The minimum absolute atomic E-state index is 0.0596. The summed E-state index contributed by atoms with van der Waals surface area (Å²) in [6.45, 7) is 1.98. The first-order valence-corrected chi connectivity index (χ1v) is 8.88. The Bertz CT molecular complexity index is 904. The van der Waals surface area contributed by atoms with Crippen LogP contribution in [0.25, 0.3) is 6.08 Å². The van der Waals surface area contributed by atoms with Crippen LogP contribution in [-0.4, -0.2) is 45.1 Å². The van der Waals surface area contributed by atoms with Crippen LogP contribution in [0.1, 0.15) is 24.5 Å². The van der Waals surface area contributed by atoms with Crippen molar-refractivity contribution in [2.24, 2.45) is 0 Å². The number of hydrogen-bond acceptors (Lipinski definition) is 8. The average Bonchev–Trinajstić information content (AvgIpc) is 2.69. The van der Waals surface area contributed by atoms with Crippen LogP contribution in [0.5, 0.6) is 23.0 Å². The summed E-state index contributed by atoms with van der Waals surface area (Å²) in [5, 5.41) is 37.8. The Labute approximate surface area is 167 Å². The zero-order chi connectivity index (χ0) is 21.4. The lowest BCUT2D eigenvalue weighted by Crippen LogP contribution is -2.31. The molecule has 29 heavy (non-hydrogen) atoms. The van der Waals surface area contributed by atoms with Gasteiger partial charge in [0.05, 0.1) is 6.61 Å². The smallest absolute Gasteiger partial charge is 0.347 e. The lowest BCUT2D eigenvalue weighted by Gasteiger charge is -2.16. The van der Waals surface area contributed by atoms with Crippen molar-refractivity contribution >= 4 is 18.0 Å². The first-order valence-electron chi connectivity index (χ1n) is 8.88. The topological polar surface area (TPSA) is 134 Å². The maximum atomic E-state index is 12.3. The van der Waals surface area contributed by atoms with Crippen LogP contribution in [0, 0.1) is 0 Å². The predicted molar refractivity (Wildman–Crippen MR) is 103 cm³/mol. The molecule has 4 N–H and O–H groups in total. The Balaban J connectivity index is 2.11. The van der Waals surface area contributed by atoms with E-state index in [-0.39, 0.29) is 36.0 Å². The summed E-state index contributed by atoms with van der Waals surface area (Å²) in [5.41, 5.74) is 0.893. The largest absolute Gasteiger partial charge is 0.504 e. The van der Waals surface area contributed by atoms with Gasteiger partial charge < -0.3 is 29.9 Å². The van der Waals surface area contributed by atoms with Crippen LogP contribution in [0.15, 0.2) is 42.5 Å². The summed E-state index contributed by atoms with van der Waals surface area (Å²) in [4.78, 5) is 24.4. The molecule has 0 heterocycles. The third kappa shape index (κ3) is 6.46. The van der Waals surface area contributed by atoms with Crippen LogP contribution < -0.4 is 0 Å². The second-order valence-corrected chi connectivity index (χ2v) is 6.20. The van der Waals surface area contributed by atoms with Crippen molar-refractivity contribution in [1.29, 1.82) is 0 Å². The van der Waals surface area contributed by atoms with Crippen molar-refractivity contribution in [3.05, 3.63) is 53.6 Å². The predicted octanol–water partition coefficient (Wildman–Crippen LogP) is 2.63. The summed E-state index contributed by atoms with van der Waals surface area (Å²) in [5.74, 6) is -2.85. The van der Waals surface area contributed by atoms with Crippen molar-refractivity contribution in [2.75, 3.05) is 6.61 Å². The molecule has 0 radical (unpaired) electrons. The van der Waals surface area contributed by atoms with Gasteiger partial charge in [-0.2, -0.15) is 0 Å². The van der Waals surface area contributed by atoms with Gasteiger partial charge in [-0.1, -0.05) is 19.1 Å². The van der Waals surface area contributed by atoms with Crippen molar-refractivity contribution in [3.8, 4) is 23.0 Å². The van der Waals surface area contributed by atoms with E-state index in [0.717, 1.165) is 6.08 Å². The number of carbonyl (C=O) groups excluding carboxylic acids is 2. The number of carbonyl (C=O) groups is 2. The molecule has 0 amide bonds. The van der Waals surface area contributed by atoms with Crippen LogP contribution in [0.4, 0.5) is 0 Å². The fourth-order valence-corrected chi connectivity index (χ4v) is 2.37. The third-order valence-corrected chi connectivity index (χ3v) is 3.84. The second kappa shape index (κ2) is 10.0. The van der Waals surface area contributed by atoms with Crippen molar-refractivity contribution < 1.29 is 39.5 Å². The molecule has 1 atom stereocenters. The Morgan fingerprint density at radius 3 is 2.24 bits per heavy atom. The number of rotatable bonds is 8. The fourth-order valence-electron chi connectivity index (χ4n) is 2.37. The van der Waals surface area contributed by atoms with Crippen LogP contribution in [-0.2, 0) is 25.5 Å². The van der Waals surface area contributed by atoms with E-state index in [9.17, 15) is 30.0 Å². The minimum Gasteiger partial charge on any atom is -0.504 e. The van der Waals surface area contributed by atoms with Crippen LogP contribution in [0.2, 0.25) is 0 Å². The highest BCUT2D eigenvalue weighted by Gasteiger charge is 2.24. The number of esters is 2. The highest BCUT2D eigenvalue weighted by atomic mass is 16.6. The molecule has 0 saturated heterocycles. The van der Waals surface area contributed by atoms with E-state index in [0.29, 0.717) is 17.5 Å². The highest BCUT2D eigenvalue weighted by molar-refractivity contribution is 5.89. The third-order valence-electron chi connectivity index (χ3n) is 3.84. The number of aromatic hydroxyl groups is 4. The molecule has 0 fully saturated rings. The molecule has 0 aliphatic rings. The van der Waals surface area contributed by atoms with Gasteiger partial charge in [-0.25, -0.2) is 9.59 Å². The van der Waals surface area contributed by atoms with Crippen LogP contribution in [0.3, 0.4) is 0 Å². The van der Waals surface area contributed by atoms with Crippen molar-refractivity contribution in [1.82, 2.24) is 0 Å². The van der Waals surface area contributed by atoms with Crippen molar-refractivity contribution in [2.45, 2.75) is 25.9 Å². The van der Waals surface area contributed by atoms with E-state index in [4.69, 9.17) is 9.47 Å². The van der Waals surface area contributed by atoms with Gasteiger partial charge >= 0.3 is 11.9 Å². The van der Waals surface area contributed by atoms with E-state index in [1.807, 2.05) is 6.92 Å². The molecule has 0 bridgehead atoms. The summed E-state index contributed by atoms with van der Waals surface area (Å²) in [6.07, 6.45) is 1.70. The van der Waals surface area contributed by atoms with Gasteiger partial charge in [0.2, 0.25) is 6.10 Å². The molecule has 8 nitrogen and oxygen atoms in total. The molecule has 0 unspecified atom stereocenters. The average molecular weight is 402 g/mol. The first kappa shape index (κ1) is 21.6. The number of phenols is 4. The Kier molecular flexibility index (Phi) is 7.47. The summed E-state index contributed by atoms with van der Waals surface area (Å²) >= 11 is 0. The normalized spacial score (nSPS) is 11.9. The van der Waals surface area contributed by atoms with Gasteiger partial charge in [0.1, 0.15) is 0 Å². The minimum atomic E-state index is -1.25. The quantitative estimate of drug-likeness (QED) is 0.301. The van der Waals surface area contributed by atoms with E-state index in [2.05, 4.69) is 0 Å². The number of benzene rings is 2. The van der Waals surface area contributed by atoms with E-state index >= 15 is 0 Å². The molecule has 0 spiro atoms. The molecular formula is C21H22O8. The lowest BCUT2D eigenvalue weighted by molar-refractivity contribution is -0.165. The molecule has 2 aromatic rings. The standard InChI is InChI=1S/C21H22O8/c1-2-9-28-21(27)19(12-14-4-7-16(23)18(25)11-14)29-20(26)8-5-13-3-6-15(22)17(24)10-13/h3-8,10-11,19,22-25H,2,9,12H2,1H3/t19-/m1/s1. The fraction of sp³-hybridized carbons (Fsp3) is 0.238. The molecule has 8 heteroatoms. The molecule has 154 valence electrons. The molecule has 0 aliphatic heterocycles. The Hall–Kier alpha value is -3.68. The van der Waals surface area contributed by atoms with Crippen LogP contribution >= 0.6 is 0 Å². The van der Waals surface area contributed by atoms with Gasteiger partial charge in [0.25, 0.3) is 0 Å². The van der Waals surface area contributed by atoms with E-state index in [1.54, 1.807) is 0 Å². The molecular weight excluding hydrogens is 380 g/mol. The van der Waals surface area contributed by atoms with E-state index in [1.165, 1.54) is 42.5 Å². The Morgan fingerprint density at radius 2 is 1.62 bits per heavy atom.